The maximum absolute atomic E-state index is 10.5. The Labute approximate surface area is 66.5 Å². The summed E-state index contributed by atoms with van der Waals surface area (Å²) in [6.45, 7) is 3.92. The second-order valence-electron chi connectivity index (χ2n) is 2.78. The van der Waals surface area contributed by atoms with E-state index in [1.807, 2.05) is 13.8 Å². The SMILES string of the molecule is COC(=O)NC(O)CC(C)C. The summed E-state index contributed by atoms with van der Waals surface area (Å²) in [5.74, 6) is 0.349. The largest absolute Gasteiger partial charge is 0.453 e. The first-order valence-electron chi connectivity index (χ1n) is 3.58. The van der Waals surface area contributed by atoms with Gasteiger partial charge in [0.25, 0.3) is 0 Å². The number of hydrogen-bond donors (Lipinski definition) is 2. The third kappa shape index (κ3) is 5.66. The van der Waals surface area contributed by atoms with Gasteiger partial charge in [0.15, 0.2) is 0 Å². The molecule has 0 aliphatic heterocycles. The van der Waals surface area contributed by atoms with Gasteiger partial charge in [0.05, 0.1) is 7.11 Å². The molecule has 0 spiro atoms. The number of nitrogens with one attached hydrogen (secondary N) is 1. The summed E-state index contributed by atoms with van der Waals surface area (Å²) < 4.78 is 4.29. The highest BCUT2D eigenvalue weighted by Crippen LogP contribution is 2.01. The third-order valence-corrected chi connectivity index (χ3v) is 1.16. The van der Waals surface area contributed by atoms with E-state index in [9.17, 15) is 4.79 Å². The molecule has 0 fully saturated rings. The molecule has 11 heavy (non-hydrogen) atoms. The second kappa shape index (κ2) is 4.96. The molecule has 0 bridgehead atoms. The Morgan fingerprint density at radius 3 is 2.55 bits per heavy atom. The van der Waals surface area contributed by atoms with Gasteiger partial charge in [-0.25, -0.2) is 4.79 Å². The van der Waals surface area contributed by atoms with E-state index in [2.05, 4.69) is 10.1 Å². The van der Waals surface area contributed by atoms with Crippen LogP contribution in [0.3, 0.4) is 0 Å². The van der Waals surface area contributed by atoms with E-state index in [1.165, 1.54) is 7.11 Å². The summed E-state index contributed by atoms with van der Waals surface area (Å²) in [5, 5.41) is 11.4. The van der Waals surface area contributed by atoms with Crippen LogP contribution in [0, 0.1) is 5.92 Å². The molecule has 0 rings (SSSR count). The zero-order chi connectivity index (χ0) is 8.85. The first kappa shape index (κ1) is 10.2. The fraction of sp³-hybridized carbons (Fsp3) is 0.857. The van der Waals surface area contributed by atoms with E-state index in [0.717, 1.165) is 0 Å². The van der Waals surface area contributed by atoms with Crippen LogP contribution in [0.15, 0.2) is 0 Å². The minimum atomic E-state index is -0.803. The summed E-state index contributed by atoms with van der Waals surface area (Å²) in [4.78, 5) is 10.5. The van der Waals surface area contributed by atoms with Gasteiger partial charge in [-0.2, -0.15) is 0 Å². The molecule has 1 amide bonds. The van der Waals surface area contributed by atoms with Crippen molar-refractivity contribution in [3.63, 3.8) is 0 Å². The second-order valence-corrected chi connectivity index (χ2v) is 2.78. The van der Waals surface area contributed by atoms with E-state index in [0.29, 0.717) is 12.3 Å². The molecule has 0 aliphatic carbocycles. The topological polar surface area (TPSA) is 58.6 Å². The van der Waals surface area contributed by atoms with E-state index >= 15 is 0 Å². The molecule has 4 heteroatoms. The van der Waals surface area contributed by atoms with Gasteiger partial charge < -0.3 is 9.84 Å². The number of ether oxygens (including phenoxy) is 1. The van der Waals surface area contributed by atoms with Crippen LogP contribution >= 0.6 is 0 Å². The Bertz CT molecular complexity index is 125. The minimum absolute atomic E-state index is 0.349. The van der Waals surface area contributed by atoms with Crippen molar-refractivity contribution in [3.05, 3.63) is 0 Å². The van der Waals surface area contributed by atoms with Crippen molar-refractivity contribution in [3.8, 4) is 0 Å². The molecule has 0 aromatic rings. The molecule has 1 atom stereocenters. The summed E-state index contributed by atoms with van der Waals surface area (Å²) >= 11 is 0. The number of methoxy groups -OCH3 is 1. The quantitative estimate of drug-likeness (QED) is 0.599. The molecule has 0 aliphatic rings. The maximum atomic E-state index is 10.5. The van der Waals surface area contributed by atoms with Crippen LogP contribution in [0.5, 0.6) is 0 Å². The molecule has 1 unspecified atom stereocenters. The van der Waals surface area contributed by atoms with Crippen molar-refractivity contribution in [1.82, 2.24) is 5.32 Å². The lowest BCUT2D eigenvalue weighted by Gasteiger charge is -2.13. The summed E-state index contributed by atoms with van der Waals surface area (Å²) in [5.41, 5.74) is 0. The number of carbonyl (C=O) groups is 1. The number of carbonyl (C=O) groups excluding carboxylic acids is 1. The van der Waals surface area contributed by atoms with E-state index in [4.69, 9.17) is 5.11 Å². The van der Waals surface area contributed by atoms with Crippen molar-refractivity contribution in [2.75, 3.05) is 7.11 Å². The van der Waals surface area contributed by atoms with Crippen molar-refractivity contribution >= 4 is 6.09 Å². The normalized spacial score (nSPS) is 12.8. The Morgan fingerprint density at radius 1 is 1.64 bits per heavy atom. The average Bonchev–Trinajstić information content (AvgIpc) is 1.85. The predicted octanol–water partition coefficient (Wildman–Crippen LogP) is 0.707. The molecule has 4 nitrogen and oxygen atoms in total. The number of aliphatic hydroxyl groups is 1. The highest BCUT2D eigenvalue weighted by atomic mass is 16.5. The number of amides is 1. The van der Waals surface area contributed by atoms with Gasteiger partial charge in [-0.15, -0.1) is 0 Å². The number of aliphatic hydroxyl groups excluding tert-OH is 1. The first-order chi connectivity index (χ1) is 5.06. The van der Waals surface area contributed by atoms with Gasteiger partial charge in [0, 0.05) is 0 Å². The van der Waals surface area contributed by atoms with Gasteiger partial charge in [0.1, 0.15) is 6.23 Å². The van der Waals surface area contributed by atoms with Crippen LogP contribution in [0.25, 0.3) is 0 Å². The minimum Gasteiger partial charge on any atom is -0.453 e. The van der Waals surface area contributed by atoms with Gasteiger partial charge in [-0.3, -0.25) is 5.32 Å². The average molecular weight is 161 g/mol. The van der Waals surface area contributed by atoms with E-state index < -0.39 is 12.3 Å². The summed E-state index contributed by atoms with van der Waals surface area (Å²) in [7, 11) is 1.26. The molecule has 0 heterocycles. The predicted molar refractivity (Wildman–Crippen MR) is 41.0 cm³/mol. The van der Waals surface area contributed by atoms with Crippen molar-refractivity contribution in [2.45, 2.75) is 26.5 Å². The molecule has 0 saturated carbocycles. The number of hydrogen-bond acceptors (Lipinski definition) is 3. The molecule has 2 N–H and O–H groups in total. The van der Waals surface area contributed by atoms with Gasteiger partial charge in [-0.1, -0.05) is 13.8 Å². The fourth-order valence-electron chi connectivity index (χ4n) is 0.700. The Balaban J connectivity index is 3.51. The zero-order valence-electron chi connectivity index (χ0n) is 7.13. The zero-order valence-corrected chi connectivity index (χ0v) is 7.13. The van der Waals surface area contributed by atoms with Crippen LogP contribution in [0.2, 0.25) is 0 Å². The summed E-state index contributed by atoms with van der Waals surface area (Å²) in [6, 6.07) is 0. The third-order valence-electron chi connectivity index (χ3n) is 1.16. The van der Waals surface area contributed by atoms with E-state index in [-0.39, 0.29) is 0 Å². The van der Waals surface area contributed by atoms with Crippen molar-refractivity contribution in [2.24, 2.45) is 5.92 Å². The maximum Gasteiger partial charge on any atom is 0.408 e. The molecular formula is C7H15NO3. The highest BCUT2D eigenvalue weighted by molar-refractivity contribution is 5.66. The molecule has 0 aromatic carbocycles. The molecule has 0 aromatic heterocycles. The van der Waals surface area contributed by atoms with Gasteiger partial charge >= 0.3 is 6.09 Å². The summed E-state index contributed by atoms with van der Waals surface area (Å²) in [6.07, 6.45) is -0.865. The number of rotatable bonds is 3. The molecule has 0 saturated heterocycles. The highest BCUT2D eigenvalue weighted by Gasteiger charge is 2.09. The van der Waals surface area contributed by atoms with Crippen LogP contribution < -0.4 is 5.32 Å². The standard InChI is InChI=1S/C7H15NO3/c1-5(2)4-6(9)8-7(10)11-3/h5-6,9H,4H2,1-3H3,(H,8,10). The van der Waals surface area contributed by atoms with Crippen LogP contribution in [-0.4, -0.2) is 24.5 Å². The van der Waals surface area contributed by atoms with Crippen molar-refractivity contribution < 1.29 is 14.6 Å². The van der Waals surface area contributed by atoms with E-state index in [1.54, 1.807) is 0 Å². The van der Waals surface area contributed by atoms with Crippen LogP contribution in [0.1, 0.15) is 20.3 Å². The van der Waals surface area contributed by atoms with Crippen LogP contribution in [-0.2, 0) is 4.74 Å². The Hall–Kier alpha value is -0.770. The fourth-order valence-corrected chi connectivity index (χ4v) is 0.700. The number of alkyl carbamates (subject to hydrolysis) is 1. The Kier molecular flexibility index (Phi) is 4.61. The lowest BCUT2D eigenvalue weighted by atomic mass is 10.1. The Morgan fingerprint density at radius 2 is 2.18 bits per heavy atom. The van der Waals surface area contributed by atoms with Crippen molar-refractivity contribution in [1.29, 1.82) is 0 Å². The molecule has 0 radical (unpaired) electrons. The molecule has 66 valence electrons. The van der Waals surface area contributed by atoms with Gasteiger partial charge in [0.2, 0.25) is 0 Å². The smallest absolute Gasteiger partial charge is 0.408 e. The lowest BCUT2D eigenvalue weighted by molar-refractivity contribution is 0.0965. The lowest BCUT2D eigenvalue weighted by Crippen LogP contribution is -2.35. The molecular weight excluding hydrogens is 146 g/mol. The van der Waals surface area contributed by atoms with Crippen LogP contribution in [0.4, 0.5) is 4.79 Å². The first-order valence-corrected chi connectivity index (χ1v) is 3.58. The monoisotopic (exact) mass is 161 g/mol. The van der Waals surface area contributed by atoms with Gasteiger partial charge in [-0.05, 0) is 12.3 Å².